The fraction of sp³-hybridized carbons (Fsp3) is 0.450. The lowest BCUT2D eigenvalue weighted by Crippen LogP contribution is -2.47. The fourth-order valence-corrected chi connectivity index (χ4v) is 4.34. The van der Waals surface area contributed by atoms with E-state index in [1.807, 2.05) is 9.42 Å². The summed E-state index contributed by atoms with van der Waals surface area (Å²) in [5.41, 5.74) is 2.35. The molecular weight excluding hydrogens is 381 g/mol. The maximum atomic E-state index is 13.0. The largest absolute Gasteiger partial charge is 0.416 e. The highest BCUT2D eigenvalue weighted by atomic mass is 19.4. The SMILES string of the molecule is FC(F)(F)c1cccc(N2CCN(c3c4c(nc5ncnn35)CCCC4)CC2)c1. The molecule has 1 saturated heterocycles. The van der Waals surface area contributed by atoms with Crippen LogP contribution in [0.25, 0.3) is 5.78 Å². The van der Waals surface area contributed by atoms with E-state index in [1.54, 1.807) is 6.07 Å². The van der Waals surface area contributed by atoms with Gasteiger partial charge in [-0.15, -0.1) is 0 Å². The molecule has 1 fully saturated rings. The molecule has 3 heterocycles. The highest BCUT2D eigenvalue weighted by molar-refractivity contribution is 5.57. The summed E-state index contributed by atoms with van der Waals surface area (Å²) in [5.74, 6) is 1.66. The van der Waals surface area contributed by atoms with Crippen LogP contribution in [-0.4, -0.2) is 45.8 Å². The van der Waals surface area contributed by atoms with Crippen molar-refractivity contribution in [3.8, 4) is 0 Å². The Bertz CT molecular complexity index is 1040. The summed E-state index contributed by atoms with van der Waals surface area (Å²) in [5, 5.41) is 4.38. The molecule has 1 aliphatic heterocycles. The highest BCUT2D eigenvalue weighted by Crippen LogP contribution is 2.33. The van der Waals surface area contributed by atoms with Crippen molar-refractivity contribution in [1.29, 1.82) is 0 Å². The van der Waals surface area contributed by atoms with Gasteiger partial charge >= 0.3 is 6.18 Å². The second kappa shape index (κ2) is 6.89. The first-order valence-corrected chi connectivity index (χ1v) is 9.89. The Kier molecular flexibility index (Phi) is 4.33. The minimum absolute atomic E-state index is 0.607. The van der Waals surface area contributed by atoms with Crippen LogP contribution in [0.5, 0.6) is 0 Å². The van der Waals surface area contributed by atoms with Crippen LogP contribution in [-0.2, 0) is 19.0 Å². The van der Waals surface area contributed by atoms with Crippen LogP contribution in [0, 0.1) is 0 Å². The lowest BCUT2D eigenvalue weighted by atomic mass is 9.96. The van der Waals surface area contributed by atoms with Gasteiger partial charge in [0.1, 0.15) is 12.1 Å². The summed E-state index contributed by atoms with van der Waals surface area (Å²) in [6.45, 7) is 2.71. The number of rotatable bonds is 2. The molecule has 0 saturated carbocycles. The Morgan fingerprint density at radius 3 is 2.48 bits per heavy atom. The van der Waals surface area contributed by atoms with E-state index in [1.165, 1.54) is 24.0 Å². The molecule has 0 radical (unpaired) electrons. The van der Waals surface area contributed by atoms with Crippen LogP contribution in [0.1, 0.15) is 29.7 Å². The van der Waals surface area contributed by atoms with Gasteiger partial charge in [0, 0.05) is 37.4 Å². The van der Waals surface area contributed by atoms with Crippen LogP contribution in [0.15, 0.2) is 30.6 Å². The molecule has 29 heavy (non-hydrogen) atoms. The molecule has 0 bridgehead atoms. The molecule has 2 aliphatic rings. The number of fused-ring (bicyclic) bond motifs is 2. The third-order valence-corrected chi connectivity index (χ3v) is 5.79. The number of alkyl halides is 3. The number of benzene rings is 1. The van der Waals surface area contributed by atoms with Gasteiger partial charge in [-0.2, -0.15) is 27.8 Å². The average Bonchev–Trinajstić information content (AvgIpc) is 3.20. The summed E-state index contributed by atoms with van der Waals surface area (Å²) < 4.78 is 41.0. The first-order chi connectivity index (χ1) is 14.0. The van der Waals surface area contributed by atoms with Crippen molar-refractivity contribution in [3.05, 3.63) is 47.4 Å². The van der Waals surface area contributed by atoms with E-state index in [4.69, 9.17) is 0 Å². The third kappa shape index (κ3) is 3.28. The van der Waals surface area contributed by atoms with E-state index in [-0.39, 0.29) is 0 Å². The molecular formula is C20H21F3N6. The van der Waals surface area contributed by atoms with Gasteiger partial charge in [0.2, 0.25) is 0 Å². The summed E-state index contributed by atoms with van der Waals surface area (Å²) in [6, 6.07) is 5.57. The Balaban J connectivity index is 1.41. The molecule has 2 aromatic heterocycles. The van der Waals surface area contributed by atoms with Gasteiger partial charge in [-0.05, 0) is 43.9 Å². The summed E-state index contributed by atoms with van der Waals surface area (Å²) in [4.78, 5) is 13.2. The molecule has 0 N–H and O–H groups in total. The van der Waals surface area contributed by atoms with E-state index in [0.29, 0.717) is 37.6 Å². The molecule has 1 aromatic carbocycles. The van der Waals surface area contributed by atoms with Gasteiger partial charge in [-0.1, -0.05) is 6.07 Å². The zero-order chi connectivity index (χ0) is 20.0. The van der Waals surface area contributed by atoms with Crippen LogP contribution in [0.3, 0.4) is 0 Å². The second-order valence-corrected chi connectivity index (χ2v) is 7.56. The molecule has 1 aliphatic carbocycles. The minimum Gasteiger partial charge on any atom is -0.368 e. The minimum atomic E-state index is -4.33. The number of piperazine rings is 1. The number of hydrogen-bond donors (Lipinski definition) is 0. The standard InChI is InChI=1S/C20H21F3N6/c21-20(22,23)14-4-3-5-15(12-14)27-8-10-28(11-9-27)18-16-6-1-2-7-17(16)26-19-24-13-25-29(18)19/h3-5,12-13H,1-2,6-11H2. The Hall–Kier alpha value is -2.84. The summed E-state index contributed by atoms with van der Waals surface area (Å²) in [7, 11) is 0. The monoisotopic (exact) mass is 402 g/mol. The van der Waals surface area contributed by atoms with Gasteiger partial charge < -0.3 is 9.80 Å². The molecule has 6 nitrogen and oxygen atoms in total. The first kappa shape index (κ1) is 18.2. The lowest BCUT2D eigenvalue weighted by molar-refractivity contribution is -0.137. The van der Waals surface area contributed by atoms with Crippen molar-refractivity contribution in [2.24, 2.45) is 0 Å². The maximum absolute atomic E-state index is 13.0. The van der Waals surface area contributed by atoms with Crippen LogP contribution in [0.4, 0.5) is 24.7 Å². The van der Waals surface area contributed by atoms with E-state index < -0.39 is 11.7 Å². The Morgan fingerprint density at radius 1 is 0.931 bits per heavy atom. The van der Waals surface area contributed by atoms with Crippen molar-refractivity contribution >= 4 is 17.3 Å². The molecule has 152 valence electrons. The quantitative estimate of drug-likeness (QED) is 0.658. The Labute approximate surface area is 166 Å². The molecule has 9 heteroatoms. The zero-order valence-corrected chi connectivity index (χ0v) is 15.9. The number of nitrogens with zero attached hydrogens (tertiary/aromatic N) is 6. The first-order valence-electron chi connectivity index (χ1n) is 9.89. The number of aryl methyl sites for hydroxylation is 1. The molecule has 0 atom stereocenters. The van der Waals surface area contributed by atoms with Crippen LogP contribution < -0.4 is 9.80 Å². The molecule has 5 rings (SSSR count). The van der Waals surface area contributed by atoms with Gasteiger partial charge in [0.05, 0.1) is 11.3 Å². The van der Waals surface area contributed by atoms with Crippen molar-refractivity contribution < 1.29 is 13.2 Å². The summed E-state index contributed by atoms with van der Waals surface area (Å²) in [6.07, 6.45) is 1.39. The van der Waals surface area contributed by atoms with Gasteiger partial charge in [-0.25, -0.2) is 4.98 Å². The second-order valence-electron chi connectivity index (χ2n) is 7.56. The highest BCUT2D eigenvalue weighted by Gasteiger charge is 2.31. The topological polar surface area (TPSA) is 49.6 Å². The fourth-order valence-electron chi connectivity index (χ4n) is 4.34. The van der Waals surface area contributed by atoms with E-state index >= 15 is 0 Å². The number of hydrogen-bond acceptors (Lipinski definition) is 5. The predicted octanol–water partition coefficient (Wildman–Crippen LogP) is 3.35. The van der Waals surface area contributed by atoms with Crippen LogP contribution in [0.2, 0.25) is 0 Å². The zero-order valence-electron chi connectivity index (χ0n) is 15.9. The predicted molar refractivity (Wildman–Crippen MR) is 103 cm³/mol. The number of halogens is 3. The number of aromatic nitrogens is 4. The van der Waals surface area contributed by atoms with E-state index in [0.717, 1.165) is 43.3 Å². The number of anilines is 2. The average molecular weight is 402 g/mol. The van der Waals surface area contributed by atoms with Gasteiger partial charge in [-0.3, -0.25) is 0 Å². The van der Waals surface area contributed by atoms with E-state index in [9.17, 15) is 13.2 Å². The van der Waals surface area contributed by atoms with Crippen molar-refractivity contribution in [2.45, 2.75) is 31.9 Å². The smallest absolute Gasteiger partial charge is 0.368 e. The van der Waals surface area contributed by atoms with Gasteiger partial charge in [0.25, 0.3) is 5.78 Å². The van der Waals surface area contributed by atoms with Crippen molar-refractivity contribution in [3.63, 3.8) is 0 Å². The summed E-state index contributed by atoms with van der Waals surface area (Å²) >= 11 is 0. The van der Waals surface area contributed by atoms with Crippen molar-refractivity contribution in [2.75, 3.05) is 36.0 Å². The maximum Gasteiger partial charge on any atom is 0.416 e. The lowest BCUT2D eigenvalue weighted by Gasteiger charge is -2.38. The normalized spacial score (nSPS) is 17.6. The Morgan fingerprint density at radius 2 is 1.69 bits per heavy atom. The van der Waals surface area contributed by atoms with Gasteiger partial charge in [0.15, 0.2) is 0 Å². The molecule has 0 amide bonds. The van der Waals surface area contributed by atoms with E-state index in [2.05, 4.69) is 20.0 Å². The molecule has 0 spiro atoms. The molecule has 0 unspecified atom stereocenters. The third-order valence-electron chi connectivity index (χ3n) is 5.79. The molecule has 3 aromatic rings. The van der Waals surface area contributed by atoms with Crippen LogP contribution >= 0.6 is 0 Å². The van der Waals surface area contributed by atoms with Crippen molar-refractivity contribution in [1.82, 2.24) is 19.6 Å².